The summed E-state index contributed by atoms with van der Waals surface area (Å²) in [7, 11) is 1.53. The average molecular weight is 403 g/mol. The van der Waals surface area contributed by atoms with E-state index in [9.17, 15) is 14.4 Å². The number of carbonyl (C=O) groups excluding carboxylic acids is 3. The third kappa shape index (κ3) is 3.87. The second kappa shape index (κ2) is 8.32. The van der Waals surface area contributed by atoms with Gasteiger partial charge in [0.15, 0.2) is 6.61 Å². The molecule has 0 aliphatic heterocycles. The molecule has 3 aromatic rings. The number of pyridine rings is 1. The Kier molecular flexibility index (Phi) is 5.43. The zero-order valence-corrected chi connectivity index (χ0v) is 16.5. The zero-order valence-electron chi connectivity index (χ0n) is 16.5. The number of benzene rings is 2. The Morgan fingerprint density at radius 3 is 2.73 bits per heavy atom. The topological polar surface area (TPSA) is 97.4 Å². The number of hydrogen-bond acceptors (Lipinski definition) is 5. The van der Waals surface area contributed by atoms with Crippen molar-refractivity contribution in [2.75, 3.05) is 19.0 Å². The fraction of sp³-hybridized carbons (Fsp3) is 0.217. The molecule has 0 saturated carbocycles. The highest BCUT2D eigenvalue weighted by Gasteiger charge is 2.25. The van der Waals surface area contributed by atoms with Crippen molar-refractivity contribution < 1.29 is 19.1 Å². The smallest absolute Gasteiger partial charge is 0.339 e. The molecule has 0 spiro atoms. The number of nitrogens with one attached hydrogen (secondary N) is 2. The Bertz CT molecular complexity index is 1160. The molecule has 1 aliphatic carbocycles. The maximum Gasteiger partial charge on any atom is 0.339 e. The van der Waals surface area contributed by atoms with Crippen molar-refractivity contribution in [3.05, 3.63) is 70.9 Å². The predicted molar refractivity (Wildman–Crippen MR) is 113 cm³/mol. The molecule has 1 heterocycles. The third-order valence-electron chi connectivity index (χ3n) is 5.09. The van der Waals surface area contributed by atoms with E-state index in [2.05, 4.69) is 15.6 Å². The first-order chi connectivity index (χ1) is 14.6. The van der Waals surface area contributed by atoms with Gasteiger partial charge in [-0.05, 0) is 49.1 Å². The molecular formula is C23H21N3O4. The van der Waals surface area contributed by atoms with E-state index in [0.717, 1.165) is 41.4 Å². The van der Waals surface area contributed by atoms with Crippen molar-refractivity contribution in [2.24, 2.45) is 0 Å². The van der Waals surface area contributed by atoms with Gasteiger partial charge in [0.05, 0.1) is 11.1 Å². The van der Waals surface area contributed by atoms with Gasteiger partial charge < -0.3 is 15.4 Å². The van der Waals surface area contributed by atoms with Gasteiger partial charge in [-0.15, -0.1) is 0 Å². The van der Waals surface area contributed by atoms with Gasteiger partial charge >= 0.3 is 5.97 Å². The maximum absolute atomic E-state index is 12.9. The van der Waals surface area contributed by atoms with Gasteiger partial charge in [-0.3, -0.25) is 14.6 Å². The number of carbonyl (C=O) groups is 3. The number of hydrogen-bond donors (Lipinski definition) is 2. The summed E-state index contributed by atoms with van der Waals surface area (Å²) in [6.07, 6.45) is 2.56. The predicted octanol–water partition coefficient (Wildman–Crippen LogP) is 2.88. The van der Waals surface area contributed by atoms with E-state index in [1.165, 1.54) is 7.05 Å². The van der Waals surface area contributed by atoms with E-state index in [0.29, 0.717) is 16.8 Å². The molecule has 0 fully saturated rings. The molecule has 7 nitrogen and oxygen atoms in total. The fourth-order valence-electron chi connectivity index (χ4n) is 3.73. The number of fused-ring (bicyclic) bond motifs is 2. The van der Waals surface area contributed by atoms with Crippen molar-refractivity contribution in [3.63, 3.8) is 0 Å². The Hall–Kier alpha value is -3.74. The van der Waals surface area contributed by atoms with Crippen LogP contribution in [0.25, 0.3) is 10.9 Å². The third-order valence-corrected chi connectivity index (χ3v) is 5.09. The van der Waals surface area contributed by atoms with Gasteiger partial charge in [0.1, 0.15) is 0 Å². The summed E-state index contributed by atoms with van der Waals surface area (Å²) >= 11 is 0. The Labute approximate surface area is 173 Å². The van der Waals surface area contributed by atoms with Crippen molar-refractivity contribution in [1.82, 2.24) is 10.3 Å². The lowest BCUT2D eigenvalue weighted by atomic mass is 10.0. The molecule has 7 heteroatoms. The van der Waals surface area contributed by atoms with Crippen LogP contribution in [0.3, 0.4) is 0 Å². The summed E-state index contributed by atoms with van der Waals surface area (Å²) in [5.74, 6) is -1.26. The summed E-state index contributed by atoms with van der Waals surface area (Å²) < 4.78 is 5.34. The Morgan fingerprint density at radius 1 is 1.07 bits per heavy atom. The second-order valence-electron chi connectivity index (χ2n) is 7.07. The molecule has 0 unspecified atom stereocenters. The highest BCUT2D eigenvalue weighted by molar-refractivity contribution is 6.06. The number of nitrogens with zero attached hydrogens (tertiary/aromatic N) is 1. The minimum atomic E-state index is -0.527. The van der Waals surface area contributed by atoms with Crippen LogP contribution in [0.5, 0.6) is 0 Å². The molecule has 0 bridgehead atoms. The second-order valence-corrected chi connectivity index (χ2v) is 7.07. The van der Waals surface area contributed by atoms with E-state index in [1.54, 1.807) is 24.3 Å². The van der Waals surface area contributed by atoms with Gasteiger partial charge in [0, 0.05) is 29.4 Å². The minimum absolute atomic E-state index is 0.254. The van der Waals surface area contributed by atoms with Crippen molar-refractivity contribution in [1.29, 1.82) is 0 Å². The number of esters is 1. The van der Waals surface area contributed by atoms with Crippen LogP contribution in [-0.2, 0) is 22.4 Å². The van der Waals surface area contributed by atoms with Gasteiger partial charge in [-0.25, -0.2) is 4.79 Å². The quantitative estimate of drug-likeness (QED) is 0.639. The van der Waals surface area contributed by atoms with Crippen molar-refractivity contribution in [3.8, 4) is 0 Å². The summed E-state index contributed by atoms with van der Waals surface area (Å²) in [5, 5.41) is 5.92. The lowest BCUT2D eigenvalue weighted by molar-refractivity contribution is -0.119. The van der Waals surface area contributed by atoms with E-state index in [4.69, 9.17) is 4.74 Å². The lowest BCUT2D eigenvalue weighted by Gasteiger charge is -2.12. The van der Waals surface area contributed by atoms with Crippen molar-refractivity contribution >= 4 is 34.4 Å². The molecule has 152 valence electrons. The fourth-order valence-corrected chi connectivity index (χ4v) is 3.73. The molecule has 2 aromatic carbocycles. The molecule has 1 aliphatic rings. The van der Waals surface area contributed by atoms with Crippen LogP contribution in [0.15, 0.2) is 48.5 Å². The van der Waals surface area contributed by atoms with Gasteiger partial charge in [-0.2, -0.15) is 0 Å². The molecule has 30 heavy (non-hydrogen) atoms. The summed E-state index contributed by atoms with van der Waals surface area (Å²) in [6.45, 7) is -0.422. The summed E-state index contributed by atoms with van der Waals surface area (Å²) in [6, 6.07) is 14.0. The van der Waals surface area contributed by atoms with E-state index in [-0.39, 0.29) is 5.91 Å². The number of ether oxygens (including phenoxy) is 1. The molecule has 0 atom stereocenters. The standard InChI is InChI=1S/C23H21N3O4/c1-24-22(28)14-6-4-7-15(12-14)25-20(27)13-30-23(29)21-16-8-2-3-10-18(16)26-19-11-5-9-17(19)21/h2-4,6-8,10,12H,5,9,11,13H2,1H3,(H,24,28)(H,25,27). The van der Waals surface area contributed by atoms with Gasteiger partial charge in [0.2, 0.25) is 0 Å². The minimum Gasteiger partial charge on any atom is -0.452 e. The van der Waals surface area contributed by atoms with Crippen LogP contribution in [0.1, 0.15) is 38.4 Å². The van der Waals surface area contributed by atoms with Gasteiger partial charge in [-0.1, -0.05) is 24.3 Å². The van der Waals surface area contributed by atoms with Crippen LogP contribution >= 0.6 is 0 Å². The molecular weight excluding hydrogens is 382 g/mol. The Balaban J connectivity index is 1.48. The normalized spacial score (nSPS) is 12.3. The summed E-state index contributed by atoms with van der Waals surface area (Å²) in [5.41, 5.74) is 3.97. The molecule has 1 aromatic heterocycles. The van der Waals surface area contributed by atoms with Crippen molar-refractivity contribution in [2.45, 2.75) is 19.3 Å². The molecule has 0 radical (unpaired) electrons. The lowest BCUT2D eigenvalue weighted by Crippen LogP contribution is -2.22. The summed E-state index contributed by atoms with van der Waals surface area (Å²) in [4.78, 5) is 41.6. The monoisotopic (exact) mass is 403 g/mol. The molecule has 4 rings (SSSR count). The van der Waals surface area contributed by atoms with Crippen LogP contribution in [0.2, 0.25) is 0 Å². The number of aryl methyl sites for hydroxylation is 1. The van der Waals surface area contributed by atoms with Gasteiger partial charge in [0.25, 0.3) is 11.8 Å². The largest absolute Gasteiger partial charge is 0.452 e. The SMILES string of the molecule is CNC(=O)c1cccc(NC(=O)COC(=O)c2c3c(nc4ccccc24)CCC3)c1. The highest BCUT2D eigenvalue weighted by atomic mass is 16.5. The van der Waals surface area contributed by atoms with E-state index in [1.807, 2.05) is 24.3 Å². The van der Waals surface area contributed by atoms with Crippen LogP contribution in [-0.4, -0.2) is 36.4 Å². The first kappa shape index (κ1) is 19.6. The average Bonchev–Trinajstić information content (AvgIpc) is 3.23. The number of amides is 2. The van der Waals surface area contributed by atoms with Crippen LogP contribution in [0.4, 0.5) is 5.69 Å². The van der Waals surface area contributed by atoms with E-state index >= 15 is 0 Å². The van der Waals surface area contributed by atoms with Crippen LogP contribution in [0, 0.1) is 0 Å². The number of aromatic nitrogens is 1. The number of rotatable bonds is 5. The molecule has 2 amide bonds. The van der Waals surface area contributed by atoms with E-state index < -0.39 is 18.5 Å². The first-order valence-electron chi connectivity index (χ1n) is 9.76. The Morgan fingerprint density at radius 2 is 1.90 bits per heavy atom. The zero-order chi connectivity index (χ0) is 21.1. The molecule has 0 saturated heterocycles. The number of para-hydroxylation sites is 1. The van der Waals surface area contributed by atoms with Crippen LogP contribution < -0.4 is 10.6 Å². The molecule has 2 N–H and O–H groups in total. The number of anilines is 1. The maximum atomic E-state index is 12.9. The first-order valence-corrected chi connectivity index (χ1v) is 9.76. The highest BCUT2D eigenvalue weighted by Crippen LogP contribution is 2.30.